The Kier molecular flexibility index (Phi) is 4.79. The molecule has 0 radical (unpaired) electrons. The number of nitrogens with zero attached hydrogens (tertiary/aromatic N) is 4. The summed E-state index contributed by atoms with van der Waals surface area (Å²) < 4.78 is 7.28. The van der Waals surface area contributed by atoms with Crippen molar-refractivity contribution in [2.45, 2.75) is 51.5 Å². The fourth-order valence-corrected chi connectivity index (χ4v) is 3.12. The molecule has 23 heavy (non-hydrogen) atoms. The Bertz CT molecular complexity index is 635. The van der Waals surface area contributed by atoms with Crippen molar-refractivity contribution >= 4 is 5.91 Å². The molecule has 0 bridgehead atoms. The highest BCUT2D eigenvalue weighted by Gasteiger charge is 2.28. The second kappa shape index (κ2) is 6.98. The van der Waals surface area contributed by atoms with Crippen molar-refractivity contribution in [3.8, 4) is 0 Å². The molecule has 1 amide bonds. The summed E-state index contributed by atoms with van der Waals surface area (Å²) >= 11 is 0. The molecule has 2 aromatic heterocycles. The fourth-order valence-electron chi connectivity index (χ4n) is 3.12. The van der Waals surface area contributed by atoms with Crippen LogP contribution in [-0.4, -0.2) is 38.6 Å². The van der Waals surface area contributed by atoms with Crippen molar-refractivity contribution in [3.05, 3.63) is 36.2 Å². The Morgan fingerprint density at radius 1 is 1.43 bits per heavy atom. The molecule has 6 heteroatoms. The van der Waals surface area contributed by atoms with Crippen LogP contribution in [-0.2, 0) is 11.2 Å². The first kappa shape index (κ1) is 15.8. The van der Waals surface area contributed by atoms with Crippen molar-refractivity contribution in [2.24, 2.45) is 0 Å². The van der Waals surface area contributed by atoms with E-state index in [1.54, 1.807) is 0 Å². The van der Waals surface area contributed by atoms with Crippen molar-refractivity contribution in [1.29, 1.82) is 0 Å². The summed E-state index contributed by atoms with van der Waals surface area (Å²) in [5, 5.41) is 4.08. The number of aryl methyl sites for hydroxylation is 1. The summed E-state index contributed by atoms with van der Waals surface area (Å²) in [4.78, 5) is 19.0. The lowest BCUT2D eigenvalue weighted by Crippen LogP contribution is -2.40. The van der Waals surface area contributed by atoms with E-state index in [1.807, 2.05) is 36.4 Å². The van der Waals surface area contributed by atoms with Crippen LogP contribution in [0.2, 0.25) is 0 Å². The van der Waals surface area contributed by atoms with Gasteiger partial charge in [0.25, 0.3) is 0 Å². The molecule has 2 aromatic rings. The van der Waals surface area contributed by atoms with Crippen molar-refractivity contribution in [2.75, 3.05) is 13.1 Å². The average Bonchev–Trinajstić information content (AvgIpc) is 3.26. The normalized spacial score (nSPS) is 19.7. The van der Waals surface area contributed by atoms with Gasteiger partial charge < -0.3 is 14.0 Å². The number of aromatic nitrogens is 3. The predicted octanol–water partition coefficient (Wildman–Crippen LogP) is 2.79. The lowest BCUT2D eigenvalue weighted by Gasteiger charge is -2.32. The number of likely N-dealkylation sites (tertiary alicyclic amines) is 1. The van der Waals surface area contributed by atoms with Crippen LogP contribution in [0.25, 0.3) is 0 Å². The van der Waals surface area contributed by atoms with Gasteiger partial charge in [-0.1, -0.05) is 12.1 Å². The number of hydrogen-bond donors (Lipinski definition) is 0. The third-order valence-corrected chi connectivity index (χ3v) is 4.53. The summed E-state index contributed by atoms with van der Waals surface area (Å²) in [5.41, 5.74) is 0. The molecule has 3 rings (SSSR count). The smallest absolute Gasteiger partial charge is 0.226 e. The van der Waals surface area contributed by atoms with Gasteiger partial charge in [0.15, 0.2) is 5.82 Å². The standard InChI is InChI=1S/C17H24N4O2/c1-3-15-18-17(19-23-15)14-7-6-10-21(12-14)16(22)11-13(2)20-8-4-5-9-20/h4-5,8-9,13-14H,3,6-7,10-12H2,1-2H3/t13-,14-/m0/s1. The molecule has 0 aliphatic carbocycles. The van der Waals surface area contributed by atoms with E-state index in [4.69, 9.17) is 4.52 Å². The monoisotopic (exact) mass is 316 g/mol. The predicted molar refractivity (Wildman–Crippen MR) is 86.0 cm³/mol. The SMILES string of the molecule is CCc1nc([C@H]2CCCN(C(=O)C[C@H](C)n3cccc3)C2)no1. The Hall–Kier alpha value is -2.11. The third-order valence-electron chi connectivity index (χ3n) is 4.53. The highest BCUT2D eigenvalue weighted by molar-refractivity contribution is 5.76. The molecule has 1 aliphatic rings. The maximum atomic E-state index is 12.6. The van der Waals surface area contributed by atoms with E-state index < -0.39 is 0 Å². The van der Waals surface area contributed by atoms with Crippen LogP contribution in [0.3, 0.4) is 0 Å². The van der Waals surface area contributed by atoms with Gasteiger partial charge in [-0.15, -0.1) is 0 Å². The number of piperidine rings is 1. The van der Waals surface area contributed by atoms with Gasteiger partial charge in [-0.25, -0.2) is 0 Å². The Morgan fingerprint density at radius 3 is 2.91 bits per heavy atom. The number of hydrogen-bond acceptors (Lipinski definition) is 4. The van der Waals surface area contributed by atoms with Gasteiger partial charge in [-0.3, -0.25) is 4.79 Å². The highest BCUT2D eigenvalue weighted by atomic mass is 16.5. The molecule has 6 nitrogen and oxygen atoms in total. The van der Waals surface area contributed by atoms with E-state index in [9.17, 15) is 4.79 Å². The number of amides is 1. The Morgan fingerprint density at radius 2 is 2.22 bits per heavy atom. The van der Waals surface area contributed by atoms with Crippen molar-refractivity contribution < 1.29 is 9.32 Å². The van der Waals surface area contributed by atoms with Gasteiger partial charge in [0.2, 0.25) is 11.8 Å². The molecule has 1 fully saturated rings. The van der Waals surface area contributed by atoms with Gasteiger partial charge >= 0.3 is 0 Å². The third kappa shape index (κ3) is 3.63. The molecular weight excluding hydrogens is 292 g/mol. The molecule has 0 unspecified atom stereocenters. The van der Waals surface area contributed by atoms with Gasteiger partial charge in [0.1, 0.15) is 0 Å². The average molecular weight is 316 g/mol. The van der Waals surface area contributed by atoms with E-state index in [1.165, 1.54) is 0 Å². The Balaban J connectivity index is 1.60. The molecule has 1 aliphatic heterocycles. The minimum atomic E-state index is 0.176. The second-order valence-electron chi connectivity index (χ2n) is 6.26. The Labute approximate surface area is 136 Å². The summed E-state index contributed by atoms with van der Waals surface area (Å²) in [5.74, 6) is 1.82. The van der Waals surface area contributed by atoms with Crippen LogP contribution in [0.4, 0.5) is 0 Å². The topological polar surface area (TPSA) is 64.2 Å². The largest absolute Gasteiger partial charge is 0.351 e. The van der Waals surface area contributed by atoms with Crippen LogP contribution in [0, 0.1) is 0 Å². The molecule has 3 heterocycles. The number of carbonyl (C=O) groups is 1. The molecule has 0 aromatic carbocycles. The lowest BCUT2D eigenvalue weighted by molar-refractivity contribution is -0.133. The summed E-state index contributed by atoms with van der Waals surface area (Å²) in [7, 11) is 0. The minimum absolute atomic E-state index is 0.176. The molecular formula is C17H24N4O2. The first-order valence-electron chi connectivity index (χ1n) is 8.40. The van der Waals surface area contributed by atoms with Crippen LogP contribution in [0.1, 0.15) is 56.8 Å². The quantitative estimate of drug-likeness (QED) is 0.851. The summed E-state index contributed by atoms with van der Waals surface area (Å²) in [6.07, 6.45) is 7.28. The van der Waals surface area contributed by atoms with E-state index in [0.29, 0.717) is 18.9 Å². The van der Waals surface area contributed by atoms with Gasteiger partial charge in [-0.2, -0.15) is 4.98 Å². The van der Waals surface area contributed by atoms with E-state index >= 15 is 0 Å². The highest BCUT2D eigenvalue weighted by Crippen LogP contribution is 2.26. The van der Waals surface area contributed by atoms with E-state index in [0.717, 1.165) is 31.6 Å². The van der Waals surface area contributed by atoms with Gasteiger partial charge in [0.05, 0.1) is 0 Å². The first-order chi connectivity index (χ1) is 11.2. The number of carbonyl (C=O) groups excluding carboxylic acids is 1. The molecule has 1 saturated heterocycles. The van der Waals surface area contributed by atoms with Crippen molar-refractivity contribution in [1.82, 2.24) is 19.6 Å². The molecule has 0 spiro atoms. The lowest BCUT2D eigenvalue weighted by atomic mass is 9.97. The maximum Gasteiger partial charge on any atom is 0.226 e. The first-order valence-corrected chi connectivity index (χ1v) is 8.40. The van der Waals surface area contributed by atoms with Crippen LogP contribution in [0.15, 0.2) is 29.0 Å². The van der Waals surface area contributed by atoms with Crippen molar-refractivity contribution in [3.63, 3.8) is 0 Å². The minimum Gasteiger partial charge on any atom is -0.351 e. The van der Waals surface area contributed by atoms with Crippen LogP contribution < -0.4 is 0 Å². The van der Waals surface area contributed by atoms with E-state index in [2.05, 4.69) is 21.6 Å². The second-order valence-corrected chi connectivity index (χ2v) is 6.26. The van der Waals surface area contributed by atoms with Gasteiger partial charge in [0, 0.05) is 50.3 Å². The summed E-state index contributed by atoms with van der Waals surface area (Å²) in [6, 6.07) is 4.15. The molecule has 0 saturated carbocycles. The van der Waals surface area contributed by atoms with Gasteiger partial charge in [-0.05, 0) is 31.9 Å². The fraction of sp³-hybridized carbons (Fsp3) is 0.588. The van der Waals surface area contributed by atoms with Crippen LogP contribution >= 0.6 is 0 Å². The molecule has 0 N–H and O–H groups in total. The zero-order valence-electron chi connectivity index (χ0n) is 13.8. The zero-order valence-corrected chi connectivity index (χ0v) is 13.8. The number of rotatable bonds is 5. The molecule has 124 valence electrons. The van der Waals surface area contributed by atoms with Crippen LogP contribution in [0.5, 0.6) is 0 Å². The summed E-state index contributed by atoms with van der Waals surface area (Å²) in [6.45, 7) is 5.59. The van der Waals surface area contributed by atoms with E-state index in [-0.39, 0.29) is 17.9 Å². The zero-order chi connectivity index (χ0) is 16.2. The molecule has 2 atom stereocenters. The maximum absolute atomic E-state index is 12.6.